The molecular formula is C11H24ClN3O4S. The number of carbonyl (C=O) groups excluding carboxylic acids is 1. The second kappa shape index (κ2) is 9.51. The van der Waals surface area contributed by atoms with E-state index in [1.807, 2.05) is 0 Å². The molecule has 1 aliphatic rings. The van der Waals surface area contributed by atoms with Gasteiger partial charge in [-0.25, -0.2) is 12.7 Å². The molecule has 0 bridgehead atoms. The van der Waals surface area contributed by atoms with E-state index in [0.717, 1.165) is 0 Å². The molecule has 0 saturated carbocycles. The molecule has 3 N–H and O–H groups in total. The predicted molar refractivity (Wildman–Crippen MR) is 79.3 cm³/mol. The molecule has 1 rings (SSSR count). The summed E-state index contributed by atoms with van der Waals surface area (Å²) in [7, 11) is -1.86. The van der Waals surface area contributed by atoms with Gasteiger partial charge in [-0.05, 0) is 12.8 Å². The molecule has 0 radical (unpaired) electrons. The molecular weight excluding hydrogens is 306 g/mol. The third-order valence-electron chi connectivity index (χ3n) is 3.14. The van der Waals surface area contributed by atoms with E-state index in [0.29, 0.717) is 32.5 Å². The number of ether oxygens (including phenoxy) is 1. The largest absolute Gasteiger partial charge is 0.384 e. The highest BCUT2D eigenvalue weighted by atomic mass is 35.5. The fraction of sp³-hybridized carbons (Fsp3) is 0.909. The van der Waals surface area contributed by atoms with Crippen molar-refractivity contribution in [2.75, 3.05) is 45.6 Å². The number of amides is 1. The summed E-state index contributed by atoms with van der Waals surface area (Å²) < 4.78 is 30.2. The normalized spacial score (nSPS) is 20.2. The summed E-state index contributed by atoms with van der Waals surface area (Å²) in [5.74, 6) is -0.435. The minimum Gasteiger partial charge on any atom is -0.384 e. The number of rotatable bonds is 7. The van der Waals surface area contributed by atoms with E-state index < -0.39 is 10.0 Å². The number of hydrogen-bond acceptors (Lipinski definition) is 5. The van der Waals surface area contributed by atoms with Crippen molar-refractivity contribution in [2.45, 2.75) is 12.8 Å². The van der Waals surface area contributed by atoms with E-state index in [2.05, 4.69) is 5.32 Å². The molecule has 1 saturated heterocycles. The first kappa shape index (κ1) is 19.6. The Labute approximate surface area is 126 Å². The molecule has 0 aromatic rings. The van der Waals surface area contributed by atoms with Crippen LogP contribution in [-0.4, -0.2) is 64.3 Å². The Hall–Kier alpha value is -0.410. The van der Waals surface area contributed by atoms with Gasteiger partial charge in [0.25, 0.3) is 0 Å². The second-order valence-corrected chi connectivity index (χ2v) is 6.67. The molecule has 1 aliphatic heterocycles. The molecule has 0 aromatic heterocycles. The molecule has 120 valence electrons. The molecule has 7 nitrogen and oxygen atoms in total. The minimum absolute atomic E-state index is 0. The van der Waals surface area contributed by atoms with Crippen molar-refractivity contribution in [2.24, 2.45) is 11.7 Å². The van der Waals surface area contributed by atoms with Crippen molar-refractivity contribution in [3.8, 4) is 0 Å². The summed E-state index contributed by atoms with van der Waals surface area (Å²) >= 11 is 0. The van der Waals surface area contributed by atoms with Crippen LogP contribution in [0.25, 0.3) is 0 Å². The topological polar surface area (TPSA) is 102 Å². The maximum Gasteiger partial charge on any atom is 0.224 e. The van der Waals surface area contributed by atoms with Gasteiger partial charge in [0.2, 0.25) is 15.9 Å². The predicted octanol–water partition coefficient (Wildman–Crippen LogP) is -0.829. The molecule has 1 amide bonds. The zero-order valence-electron chi connectivity index (χ0n) is 11.7. The summed E-state index contributed by atoms with van der Waals surface area (Å²) in [4.78, 5) is 11.8. The van der Waals surface area contributed by atoms with E-state index in [4.69, 9.17) is 10.5 Å². The maximum atomic E-state index is 12.0. The van der Waals surface area contributed by atoms with Crippen LogP contribution in [0.1, 0.15) is 12.8 Å². The Kier molecular flexibility index (Phi) is 9.32. The van der Waals surface area contributed by atoms with Gasteiger partial charge in [-0.2, -0.15) is 0 Å². The third kappa shape index (κ3) is 5.92. The average Bonchev–Trinajstić information content (AvgIpc) is 2.42. The smallest absolute Gasteiger partial charge is 0.224 e. The number of hydrogen-bond donors (Lipinski definition) is 2. The number of methoxy groups -OCH3 is 1. The Morgan fingerprint density at radius 1 is 1.50 bits per heavy atom. The third-order valence-corrected chi connectivity index (χ3v) is 4.94. The van der Waals surface area contributed by atoms with Crippen LogP contribution >= 0.6 is 12.4 Å². The zero-order chi connectivity index (χ0) is 14.3. The lowest BCUT2D eigenvalue weighted by molar-refractivity contribution is -0.126. The molecule has 9 heteroatoms. The molecule has 1 unspecified atom stereocenters. The van der Waals surface area contributed by atoms with Crippen molar-refractivity contribution in [1.82, 2.24) is 9.62 Å². The monoisotopic (exact) mass is 329 g/mol. The Morgan fingerprint density at radius 2 is 2.20 bits per heavy atom. The number of halogens is 1. The van der Waals surface area contributed by atoms with E-state index >= 15 is 0 Å². The second-order valence-electron chi connectivity index (χ2n) is 4.59. The minimum atomic E-state index is -3.33. The van der Waals surface area contributed by atoms with E-state index in [1.165, 1.54) is 11.4 Å². The molecule has 1 fully saturated rings. The summed E-state index contributed by atoms with van der Waals surface area (Å²) in [6, 6.07) is 0. The molecule has 0 aromatic carbocycles. The molecule has 0 spiro atoms. The fourth-order valence-electron chi connectivity index (χ4n) is 2.07. The first-order chi connectivity index (χ1) is 9.01. The van der Waals surface area contributed by atoms with Crippen LogP contribution in [0.5, 0.6) is 0 Å². The zero-order valence-corrected chi connectivity index (χ0v) is 13.3. The highest BCUT2D eigenvalue weighted by molar-refractivity contribution is 7.89. The van der Waals surface area contributed by atoms with Gasteiger partial charge in [0.15, 0.2) is 0 Å². The van der Waals surface area contributed by atoms with Crippen LogP contribution < -0.4 is 11.1 Å². The maximum absolute atomic E-state index is 12.0. The van der Waals surface area contributed by atoms with Crippen molar-refractivity contribution in [3.05, 3.63) is 0 Å². The summed E-state index contributed by atoms with van der Waals surface area (Å²) in [5.41, 5.74) is 5.32. The van der Waals surface area contributed by atoms with Gasteiger partial charge in [-0.15, -0.1) is 12.4 Å². The van der Waals surface area contributed by atoms with Crippen molar-refractivity contribution in [1.29, 1.82) is 0 Å². The lowest BCUT2D eigenvalue weighted by Crippen LogP contribution is -2.47. The summed E-state index contributed by atoms with van der Waals surface area (Å²) in [5, 5.41) is 2.71. The Morgan fingerprint density at radius 3 is 2.80 bits per heavy atom. The molecule has 0 aliphatic carbocycles. The van der Waals surface area contributed by atoms with Gasteiger partial charge < -0.3 is 15.8 Å². The van der Waals surface area contributed by atoms with Crippen LogP contribution in [0, 0.1) is 5.92 Å². The highest BCUT2D eigenvalue weighted by Gasteiger charge is 2.31. The number of nitrogens with one attached hydrogen (secondary N) is 1. The summed E-state index contributed by atoms with van der Waals surface area (Å²) in [6.45, 7) is 1.71. The SMILES string of the molecule is COCCS(=O)(=O)N1CCCC(C(=O)NCCN)C1.Cl. The van der Waals surface area contributed by atoms with Crippen molar-refractivity contribution in [3.63, 3.8) is 0 Å². The average molecular weight is 330 g/mol. The lowest BCUT2D eigenvalue weighted by Gasteiger charge is -2.31. The number of nitrogens with zero attached hydrogens (tertiary/aromatic N) is 1. The highest BCUT2D eigenvalue weighted by Crippen LogP contribution is 2.19. The van der Waals surface area contributed by atoms with Gasteiger partial charge in [0.05, 0.1) is 18.3 Å². The molecule has 1 atom stereocenters. The molecule has 1 heterocycles. The molecule has 20 heavy (non-hydrogen) atoms. The Balaban J connectivity index is 0.00000361. The van der Waals surface area contributed by atoms with Crippen molar-refractivity contribution >= 4 is 28.3 Å². The number of sulfonamides is 1. The standard InChI is InChI=1S/C11H23N3O4S.ClH/c1-18-7-8-19(16,17)14-6-2-3-10(9-14)11(15)13-5-4-12;/h10H,2-9,12H2,1H3,(H,13,15);1H. The van der Waals surface area contributed by atoms with Gasteiger partial charge in [-0.1, -0.05) is 0 Å². The van der Waals surface area contributed by atoms with Crippen LogP contribution in [0.2, 0.25) is 0 Å². The van der Waals surface area contributed by atoms with Crippen LogP contribution in [0.3, 0.4) is 0 Å². The van der Waals surface area contributed by atoms with Crippen LogP contribution in [-0.2, 0) is 19.6 Å². The van der Waals surface area contributed by atoms with E-state index in [1.54, 1.807) is 0 Å². The lowest BCUT2D eigenvalue weighted by atomic mass is 9.99. The number of nitrogens with two attached hydrogens (primary N) is 1. The van der Waals surface area contributed by atoms with Gasteiger partial charge in [-0.3, -0.25) is 4.79 Å². The van der Waals surface area contributed by atoms with Gasteiger partial charge in [0.1, 0.15) is 0 Å². The summed E-state index contributed by atoms with van der Waals surface area (Å²) in [6.07, 6.45) is 1.42. The van der Waals surface area contributed by atoms with Crippen molar-refractivity contribution < 1.29 is 17.9 Å². The van der Waals surface area contributed by atoms with E-state index in [9.17, 15) is 13.2 Å². The quantitative estimate of drug-likeness (QED) is 0.635. The number of piperidine rings is 1. The van der Waals surface area contributed by atoms with E-state index in [-0.39, 0.29) is 43.1 Å². The van der Waals surface area contributed by atoms with Crippen LogP contribution in [0.15, 0.2) is 0 Å². The Bertz CT molecular complexity index is 391. The fourth-order valence-corrected chi connectivity index (χ4v) is 3.52. The number of carbonyl (C=O) groups is 1. The van der Waals surface area contributed by atoms with Crippen LogP contribution in [0.4, 0.5) is 0 Å². The first-order valence-corrected chi connectivity index (χ1v) is 8.06. The van der Waals surface area contributed by atoms with Gasteiger partial charge in [0, 0.05) is 33.3 Å². The van der Waals surface area contributed by atoms with Gasteiger partial charge >= 0.3 is 0 Å². The first-order valence-electron chi connectivity index (χ1n) is 6.46.